The molecule has 0 radical (unpaired) electrons. The molecule has 1 saturated heterocycles. The van der Waals surface area contributed by atoms with Crippen molar-refractivity contribution in [1.82, 2.24) is 10.6 Å². The van der Waals surface area contributed by atoms with E-state index in [-0.39, 0.29) is 18.9 Å². The monoisotopic (exact) mass is 391 g/mol. The molecule has 3 rings (SSSR count). The molecule has 28 heavy (non-hydrogen) atoms. The lowest BCUT2D eigenvalue weighted by molar-refractivity contribution is -0.158. The summed E-state index contributed by atoms with van der Waals surface area (Å²) in [5, 5.41) is 4.26. The average Bonchev–Trinajstić information content (AvgIpc) is 3.09. The molecule has 10 nitrogen and oxygen atoms in total. The SMILES string of the molecule is CNC(=O)NC(=O)[C@@H](C)OC(=O)[C@H]1CC(=O)N(c2ccc3c(c2)OCCO3)C1. The van der Waals surface area contributed by atoms with Crippen LogP contribution >= 0.6 is 0 Å². The smallest absolute Gasteiger partial charge is 0.321 e. The molecule has 2 atom stereocenters. The van der Waals surface area contributed by atoms with Gasteiger partial charge in [-0.25, -0.2) is 4.79 Å². The van der Waals surface area contributed by atoms with Gasteiger partial charge in [-0.3, -0.25) is 19.7 Å². The Morgan fingerprint density at radius 2 is 1.93 bits per heavy atom. The molecule has 0 spiro atoms. The van der Waals surface area contributed by atoms with Crippen molar-refractivity contribution < 1.29 is 33.4 Å². The Bertz CT molecular complexity index is 810. The molecule has 1 aromatic carbocycles. The predicted molar refractivity (Wildman–Crippen MR) is 96.0 cm³/mol. The van der Waals surface area contributed by atoms with Gasteiger partial charge in [0, 0.05) is 31.8 Å². The van der Waals surface area contributed by atoms with Crippen LogP contribution in [0.4, 0.5) is 10.5 Å². The molecule has 0 saturated carbocycles. The fraction of sp³-hybridized carbons (Fsp3) is 0.444. The average molecular weight is 391 g/mol. The molecule has 4 amide bonds. The van der Waals surface area contributed by atoms with Crippen molar-refractivity contribution in [3.8, 4) is 11.5 Å². The van der Waals surface area contributed by atoms with E-state index in [9.17, 15) is 19.2 Å². The number of ether oxygens (including phenoxy) is 3. The first-order valence-electron chi connectivity index (χ1n) is 8.82. The van der Waals surface area contributed by atoms with E-state index in [0.717, 1.165) is 0 Å². The van der Waals surface area contributed by atoms with Crippen molar-refractivity contribution in [3.05, 3.63) is 18.2 Å². The second kappa shape index (κ2) is 8.15. The van der Waals surface area contributed by atoms with Gasteiger partial charge in [0.25, 0.3) is 5.91 Å². The summed E-state index contributed by atoms with van der Waals surface area (Å²) >= 11 is 0. The normalized spacial score (nSPS) is 19.0. The van der Waals surface area contributed by atoms with Crippen molar-refractivity contribution in [2.45, 2.75) is 19.4 Å². The summed E-state index contributed by atoms with van der Waals surface area (Å²) in [5.41, 5.74) is 0.593. The number of fused-ring (bicyclic) bond motifs is 1. The van der Waals surface area contributed by atoms with Gasteiger partial charge in [0.15, 0.2) is 17.6 Å². The van der Waals surface area contributed by atoms with Gasteiger partial charge in [0.2, 0.25) is 5.91 Å². The Labute approximate surface area is 161 Å². The highest BCUT2D eigenvalue weighted by Gasteiger charge is 2.37. The number of hydrogen-bond donors (Lipinski definition) is 2. The van der Waals surface area contributed by atoms with E-state index in [2.05, 4.69) is 5.32 Å². The molecule has 10 heteroatoms. The van der Waals surface area contributed by atoms with Gasteiger partial charge in [-0.05, 0) is 19.1 Å². The van der Waals surface area contributed by atoms with Gasteiger partial charge < -0.3 is 24.4 Å². The highest BCUT2D eigenvalue weighted by atomic mass is 16.6. The van der Waals surface area contributed by atoms with E-state index in [0.29, 0.717) is 30.4 Å². The maximum Gasteiger partial charge on any atom is 0.321 e. The Morgan fingerprint density at radius 3 is 2.64 bits per heavy atom. The van der Waals surface area contributed by atoms with Crippen molar-refractivity contribution in [2.24, 2.45) is 5.92 Å². The molecule has 0 aliphatic carbocycles. The molecule has 2 aliphatic heterocycles. The third-order valence-electron chi connectivity index (χ3n) is 4.42. The molecule has 0 unspecified atom stereocenters. The second-order valence-corrected chi connectivity index (χ2v) is 6.38. The Balaban J connectivity index is 1.61. The first-order valence-corrected chi connectivity index (χ1v) is 8.82. The first-order chi connectivity index (χ1) is 13.4. The molecule has 2 aliphatic rings. The van der Waals surface area contributed by atoms with E-state index in [1.165, 1.54) is 18.9 Å². The molecular formula is C18H21N3O7. The number of nitrogens with zero attached hydrogens (tertiary/aromatic N) is 1. The van der Waals surface area contributed by atoms with Crippen LogP contribution in [0.3, 0.4) is 0 Å². The number of hydrogen-bond acceptors (Lipinski definition) is 7. The van der Waals surface area contributed by atoms with Gasteiger partial charge in [-0.2, -0.15) is 0 Å². The van der Waals surface area contributed by atoms with E-state index < -0.39 is 29.9 Å². The number of rotatable bonds is 4. The number of esters is 1. The number of benzene rings is 1. The van der Waals surface area contributed by atoms with E-state index in [1.807, 2.05) is 5.32 Å². The quantitative estimate of drug-likeness (QED) is 0.703. The summed E-state index contributed by atoms with van der Waals surface area (Å²) in [6.07, 6.45) is -1.19. The fourth-order valence-electron chi connectivity index (χ4n) is 2.91. The summed E-state index contributed by atoms with van der Waals surface area (Å²) < 4.78 is 16.1. The Morgan fingerprint density at radius 1 is 1.21 bits per heavy atom. The van der Waals surface area contributed by atoms with E-state index in [1.54, 1.807) is 18.2 Å². The van der Waals surface area contributed by atoms with Crippen LogP contribution in [0.15, 0.2) is 18.2 Å². The van der Waals surface area contributed by atoms with Crippen LogP contribution in [-0.2, 0) is 19.1 Å². The molecule has 150 valence electrons. The van der Waals surface area contributed by atoms with Crippen molar-refractivity contribution in [1.29, 1.82) is 0 Å². The van der Waals surface area contributed by atoms with E-state index in [4.69, 9.17) is 14.2 Å². The number of carbonyl (C=O) groups excluding carboxylic acids is 4. The molecule has 0 bridgehead atoms. The van der Waals surface area contributed by atoms with Crippen molar-refractivity contribution >= 4 is 29.5 Å². The Hall–Kier alpha value is -3.30. The zero-order chi connectivity index (χ0) is 20.3. The number of nitrogens with one attached hydrogen (secondary N) is 2. The maximum atomic E-state index is 12.4. The van der Waals surface area contributed by atoms with Crippen LogP contribution in [0.25, 0.3) is 0 Å². The number of anilines is 1. The molecule has 2 heterocycles. The fourth-order valence-corrected chi connectivity index (χ4v) is 2.91. The molecular weight excluding hydrogens is 370 g/mol. The molecule has 1 aromatic rings. The van der Waals surface area contributed by atoms with Gasteiger partial charge in [-0.15, -0.1) is 0 Å². The van der Waals surface area contributed by atoms with Crippen LogP contribution in [-0.4, -0.2) is 56.7 Å². The summed E-state index contributed by atoms with van der Waals surface area (Å²) in [5.74, 6) is -1.22. The highest BCUT2D eigenvalue weighted by molar-refractivity contribution is 6.00. The van der Waals surface area contributed by atoms with Crippen LogP contribution in [0.1, 0.15) is 13.3 Å². The third kappa shape index (κ3) is 4.16. The Kier molecular flexibility index (Phi) is 5.67. The van der Waals surface area contributed by atoms with Gasteiger partial charge in [0.1, 0.15) is 13.2 Å². The summed E-state index contributed by atoms with van der Waals surface area (Å²) in [6, 6.07) is 4.43. The maximum absolute atomic E-state index is 12.4. The van der Waals surface area contributed by atoms with Crippen LogP contribution in [0.5, 0.6) is 11.5 Å². The minimum Gasteiger partial charge on any atom is -0.486 e. The number of amides is 4. The topological polar surface area (TPSA) is 123 Å². The zero-order valence-electron chi connectivity index (χ0n) is 15.5. The standard InChI is InChI=1S/C18H21N3O7/c1-10(16(23)20-18(25)19-2)28-17(24)11-7-15(22)21(9-11)12-3-4-13-14(8-12)27-6-5-26-13/h3-4,8,10-11H,5-7,9H2,1-2H3,(H2,19,20,23,25)/t10-,11+/m1/s1. The lowest BCUT2D eigenvalue weighted by atomic mass is 10.1. The predicted octanol–water partition coefficient (Wildman–Crippen LogP) is 0.198. The van der Waals surface area contributed by atoms with E-state index >= 15 is 0 Å². The van der Waals surface area contributed by atoms with Gasteiger partial charge in [-0.1, -0.05) is 0 Å². The number of imide groups is 1. The lowest BCUT2D eigenvalue weighted by Crippen LogP contribution is -2.44. The molecule has 2 N–H and O–H groups in total. The summed E-state index contributed by atoms with van der Waals surface area (Å²) in [4.78, 5) is 49.1. The van der Waals surface area contributed by atoms with Gasteiger partial charge in [0.05, 0.1) is 5.92 Å². The van der Waals surface area contributed by atoms with Crippen LogP contribution < -0.4 is 25.0 Å². The second-order valence-electron chi connectivity index (χ2n) is 6.38. The van der Waals surface area contributed by atoms with Crippen LogP contribution in [0.2, 0.25) is 0 Å². The van der Waals surface area contributed by atoms with Crippen molar-refractivity contribution in [2.75, 3.05) is 31.7 Å². The lowest BCUT2D eigenvalue weighted by Gasteiger charge is -2.22. The third-order valence-corrected chi connectivity index (χ3v) is 4.42. The minimum atomic E-state index is -1.16. The highest BCUT2D eigenvalue weighted by Crippen LogP contribution is 2.36. The van der Waals surface area contributed by atoms with Crippen molar-refractivity contribution in [3.63, 3.8) is 0 Å². The van der Waals surface area contributed by atoms with Gasteiger partial charge >= 0.3 is 12.0 Å². The molecule has 0 aromatic heterocycles. The molecule has 1 fully saturated rings. The summed E-state index contributed by atoms with van der Waals surface area (Å²) in [6.45, 7) is 2.37. The number of urea groups is 1. The largest absolute Gasteiger partial charge is 0.486 e. The first kappa shape index (κ1) is 19.5. The summed E-state index contributed by atoms with van der Waals surface area (Å²) in [7, 11) is 1.36. The number of carbonyl (C=O) groups is 4. The minimum absolute atomic E-state index is 0.0307. The van der Waals surface area contributed by atoms with Crippen LogP contribution in [0, 0.1) is 5.92 Å². The zero-order valence-corrected chi connectivity index (χ0v) is 15.5.